The van der Waals surface area contributed by atoms with Gasteiger partial charge >= 0.3 is 0 Å². The van der Waals surface area contributed by atoms with Gasteiger partial charge < -0.3 is 15.7 Å². The molecule has 0 unspecified atom stereocenters. The molecular formula is C35H53FN4O10S3. The number of aliphatic hydroxyl groups is 1. The number of nitrogens with zero attached hydrogens (tertiary/aromatic N) is 1. The summed E-state index contributed by atoms with van der Waals surface area (Å²) in [6.45, 7) is 6.42. The van der Waals surface area contributed by atoms with E-state index in [4.69, 9.17) is 4.55 Å². The Morgan fingerprint density at radius 2 is 1.49 bits per heavy atom. The Hall–Kier alpha value is -3.00. The molecular weight excluding hydrogens is 752 g/mol. The lowest BCUT2D eigenvalue weighted by Gasteiger charge is -2.47. The summed E-state index contributed by atoms with van der Waals surface area (Å²) in [4.78, 5) is 29.0. The molecule has 1 aliphatic heterocycles. The molecule has 14 nitrogen and oxygen atoms in total. The summed E-state index contributed by atoms with van der Waals surface area (Å²) in [7, 11) is -12.0. The molecule has 1 heterocycles. The number of hydrogen-bond acceptors (Lipinski definition) is 10. The molecule has 1 saturated carbocycles. The minimum Gasteiger partial charge on any atom is -0.390 e. The second-order valence-electron chi connectivity index (χ2n) is 15.0. The molecule has 0 aromatic heterocycles. The van der Waals surface area contributed by atoms with Gasteiger partial charge in [-0.2, -0.15) is 8.42 Å². The van der Waals surface area contributed by atoms with E-state index < -0.39 is 77.2 Å². The largest absolute Gasteiger partial charge is 0.390 e. The van der Waals surface area contributed by atoms with Gasteiger partial charge in [0.25, 0.3) is 10.1 Å². The Morgan fingerprint density at radius 1 is 0.925 bits per heavy atom. The van der Waals surface area contributed by atoms with Crippen molar-refractivity contribution in [3.8, 4) is 0 Å². The standard InChI is InChI=1S/C34H49FN4O7S2.CH4O3S/c1-34(2,3)37-33(42)30-19-24-12-8-9-13-25(24)20-39(30)21-31(40)28(18-23-10-6-5-7-11-23)36-32(41)29(38-47(4,43)44)22-48(45,46)27-16-14-26(35)15-17-27;1-5(2,3)4/h5-7,10-11,14-17,24-25,28-31,38,40H,8-9,12-13,18-22H2,1-4H3,(H,36,41)(H,37,42);1H3,(H,2,3,4)/t24-,25+,28-,29+,30-,31+;/m0./s1. The molecule has 2 fully saturated rings. The zero-order chi connectivity index (χ0) is 39.8. The Labute approximate surface area is 313 Å². The maximum absolute atomic E-state index is 13.7. The summed E-state index contributed by atoms with van der Waals surface area (Å²) in [6, 6.07) is 9.92. The molecule has 298 valence electrons. The molecule has 53 heavy (non-hydrogen) atoms. The first-order chi connectivity index (χ1) is 24.4. The minimum atomic E-state index is -4.24. The zero-order valence-electron chi connectivity index (χ0n) is 30.7. The Kier molecular flexibility index (Phi) is 15.5. The number of benzene rings is 2. The maximum atomic E-state index is 13.7. The van der Waals surface area contributed by atoms with Crippen LogP contribution in [0.25, 0.3) is 0 Å². The molecule has 0 bridgehead atoms. The molecule has 0 spiro atoms. The molecule has 6 atom stereocenters. The van der Waals surface area contributed by atoms with Crippen LogP contribution in [0.3, 0.4) is 0 Å². The van der Waals surface area contributed by atoms with E-state index in [0.29, 0.717) is 31.1 Å². The van der Waals surface area contributed by atoms with E-state index >= 15 is 0 Å². The van der Waals surface area contributed by atoms with Crippen LogP contribution in [0.2, 0.25) is 0 Å². The van der Waals surface area contributed by atoms with Gasteiger partial charge in [0.1, 0.15) is 11.9 Å². The van der Waals surface area contributed by atoms with E-state index in [0.717, 1.165) is 61.8 Å². The molecule has 2 aromatic carbocycles. The quantitative estimate of drug-likeness (QED) is 0.146. The van der Waals surface area contributed by atoms with Crippen LogP contribution in [-0.4, -0.2) is 113 Å². The van der Waals surface area contributed by atoms with Gasteiger partial charge in [-0.3, -0.25) is 19.0 Å². The molecule has 4 rings (SSSR count). The number of hydrogen-bond donors (Lipinski definition) is 5. The highest BCUT2D eigenvalue weighted by Crippen LogP contribution is 2.39. The fourth-order valence-corrected chi connectivity index (χ4v) is 9.04. The van der Waals surface area contributed by atoms with Crippen LogP contribution in [0.1, 0.15) is 58.4 Å². The third kappa shape index (κ3) is 15.7. The average Bonchev–Trinajstić information content (AvgIpc) is 3.02. The number of amides is 2. The van der Waals surface area contributed by atoms with Gasteiger partial charge in [-0.15, -0.1) is 0 Å². The normalized spacial score (nSPS) is 21.5. The fourth-order valence-electron chi connectivity index (χ4n) is 6.81. The van der Waals surface area contributed by atoms with Crippen LogP contribution >= 0.6 is 0 Å². The second-order valence-corrected chi connectivity index (χ2v) is 20.3. The van der Waals surface area contributed by atoms with Gasteiger partial charge in [0.15, 0.2) is 9.84 Å². The Balaban J connectivity index is 0.00000141. The Morgan fingerprint density at radius 3 is 2.04 bits per heavy atom. The predicted octanol–water partition coefficient (Wildman–Crippen LogP) is 1.91. The highest BCUT2D eigenvalue weighted by Gasteiger charge is 2.42. The average molecular weight is 805 g/mol. The number of nitrogens with one attached hydrogen (secondary N) is 3. The van der Waals surface area contributed by atoms with Crippen LogP contribution in [0.4, 0.5) is 4.39 Å². The minimum absolute atomic E-state index is 0.0568. The van der Waals surface area contributed by atoms with Crippen LogP contribution in [0, 0.1) is 17.7 Å². The molecule has 1 saturated heterocycles. The number of rotatable bonds is 13. The van der Waals surface area contributed by atoms with Crippen molar-refractivity contribution >= 4 is 41.8 Å². The van der Waals surface area contributed by atoms with Crippen molar-refractivity contribution in [2.45, 2.75) is 94.0 Å². The number of halogens is 1. The van der Waals surface area contributed by atoms with E-state index in [9.17, 15) is 44.3 Å². The van der Waals surface area contributed by atoms with Crippen LogP contribution in [0.15, 0.2) is 59.5 Å². The van der Waals surface area contributed by atoms with Gasteiger partial charge in [0.05, 0.1) is 41.3 Å². The zero-order valence-corrected chi connectivity index (χ0v) is 33.2. The van der Waals surface area contributed by atoms with Gasteiger partial charge in [0.2, 0.25) is 21.8 Å². The number of aliphatic hydroxyl groups excluding tert-OH is 1. The van der Waals surface area contributed by atoms with Crippen molar-refractivity contribution in [3.63, 3.8) is 0 Å². The highest BCUT2D eigenvalue weighted by atomic mass is 32.2. The van der Waals surface area contributed by atoms with Crippen molar-refractivity contribution in [1.29, 1.82) is 0 Å². The van der Waals surface area contributed by atoms with Crippen LogP contribution < -0.4 is 15.4 Å². The topological polar surface area (TPSA) is 216 Å². The number of sulfonamides is 1. The molecule has 18 heteroatoms. The summed E-state index contributed by atoms with van der Waals surface area (Å²) in [5.41, 5.74) is 0.325. The third-order valence-corrected chi connectivity index (χ3v) is 11.5. The van der Waals surface area contributed by atoms with Gasteiger partial charge in [-0.05, 0) is 81.7 Å². The lowest BCUT2D eigenvalue weighted by molar-refractivity contribution is -0.133. The third-order valence-electron chi connectivity index (χ3n) is 9.05. The van der Waals surface area contributed by atoms with Crippen molar-refractivity contribution in [2.75, 3.05) is 31.4 Å². The van der Waals surface area contributed by atoms with E-state index in [1.165, 1.54) is 0 Å². The SMILES string of the molecule is CC(C)(C)NC(=O)[C@@H]1C[C@@H]2CCCC[C@@H]2CN1C[C@@H](O)[C@H](Cc1ccccc1)NC(=O)[C@@H](CS(=O)(=O)c1ccc(F)cc1)NS(C)(=O)=O.CS(=O)(=O)O. The van der Waals surface area contributed by atoms with Gasteiger partial charge in [-0.1, -0.05) is 49.6 Å². The van der Waals surface area contributed by atoms with Crippen molar-refractivity contribution in [2.24, 2.45) is 11.8 Å². The van der Waals surface area contributed by atoms with Crippen molar-refractivity contribution in [1.82, 2.24) is 20.3 Å². The number of fused-ring (bicyclic) bond motifs is 1. The monoisotopic (exact) mass is 804 g/mol. The fraction of sp³-hybridized carbons (Fsp3) is 0.600. The molecule has 1 aliphatic carbocycles. The summed E-state index contributed by atoms with van der Waals surface area (Å²) < 4.78 is 92.4. The van der Waals surface area contributed by atoms with Crippen molar-refractivity contribution in [3.05, 3.63) is 66.0 Å². The molecule has 5 N–H and O–H groups in total. The van der Waals surface area contributed by atoms with Crippen LogP contribution in [-0.2, 0) is 46.0 Å². The molecule has 2 amide bonds. The number of carbonyl (C=O) groups is 2. The highest BCUT2D eigenvalue weighted by molar-refractivity contribution is 7.91. The Bertz CT molecular complexity index is 1850. The first kappa shape index (κ1) is 44.4. The molecule has 0 radical (unpaired) electrons. The lowest BCUT2D eigenvalue weighted by Crippen LogP contribution is -2.61. The summed E-state index contributed by atoms with van der Waals surface area (Å²) in [6.07, 6.45) is 5.48. The lowest BCUT2D eigenvalue weighted by atomic mass is 9.72. The summed E-state index contributed by atoms with van der Waals surface area (Å²) in [5, 5.41) is 17.6. The summed E-state index contributed by atoms with van der Waals surface area (Å²) in [5.74, 6) is -1.86. The number of β-amino-alcohol motifs (C(OH)–C–C–N with tert-alkyl or cyclic N) is 1. The summed E-state index contributed by atoms with van der Waals surface area (Å²) >= 11 is 0. The molecule has 2 aromatic rings. The first-order valence-corrected chi connectivity index (χ1v) is 22.8. The van der Waals surface area contributed by atoms with E-state index in [1.807, 2.05) is 56.0 Å². The van der Waals surface area contributed by atoms with Gasteiger partial charge in [0, 0.05) is 18.6 Å². The number of carbonyl (C=O) groups excluding carboxylic acids is 2. The first-order valence-electron chi connectivity index (χ1n) is 17.4. The van der Waals surface area contributed by atoms with E-state index in [-0.39, 0.29) is 23.8 Å². The number of piperidine rings is 1. The van der Waals surface area contributed by atoms with Crippen molar-refractivity contribution < 1.29 is 48.9 Å². The number of likely N-dealkylation sites (tertiary alicyclic amines) is 1. The van der Waals surface area contributed by atoms with Crippen LogP contribution in [0.5, 0.6) is 0 Å². The number of sulfone groups is 1. The smallest absolute Gasteiger partial charge is 0.261 e. The predicted molar refractivity (Wildman–Crippen MR) is 199 cm³/mol. The molecule has 2 aliphatic rings. The van der Waals surface area contributed by atoms with Gasteiger partial charge in [-0.25, -0.2) is 25.9 Å². The van der Waals surface area contributed by atoms with E-state index in [1.54, 1.807) is 0 Å². The second kappa shape index (κ2) is 18.6. The maximum Gasteiger partial charge on any atom is 0.261 e. The van der Waals surface area contributed by atoms with E-state index in [2.05, 4.69) is 15.4 Å².